The molecular weight excluding hydrogens is 492 g/mol. The number of fused-ring (bicyclic) bond motifs is 1. The summed E-state index contributed by atoms with van der Waals surface area (Å²) in [6.45, 7) is 3.74. The van der Waals surface area contributed by atoms with E-state index in [9.17, 15) is 9.59 Å². The summed E-state index contributed by atoms with van der Waals surface area (Å²) in [5.41, 5.74) is 2.22. The van der Waals surface area contributed by atoms with Gasteiger partial charge in [0.1, 0.15) is 11.8 Å². The van der Waals surface area contributed by atoms with Crippen LogP contribution in [-0.4, -0.2) is 24.3 Å². The van der Waals surface area contributed by atoms with Crippen LogP contribution in [0.4, 0.5) is 0 Å². The Kier molecular flexibility index (Phi) is 6.43. The van der Waals surface area contributed by atoms with Crippen molar-refractivity contribution >= 4 is 39.3 Å². The predicted octanol–water partition coefficient (Wildman–Crippen LogP) is 3.57. The van der Waals surface area contributed by atoms with Crippen molar-refractivity contribution in [1.29, 1.82) is 0 Å². The third kappa shape index (κ3) is 4.08. The first kappa shape index (κ1) is 22.2. The van der Waals surface area contributed by atoms with E-state index in [4.69, 9.17) is 9.47 Å². The lowest BCUT2D eigenvalue weighted by Gasteiger charge is -2.25. The third-order valence-electron chi connectivity index (χ3n) is 5.10. The van der Waals surface area contributed by atoms with Gasteiger partial charge in [0.2, 0.25) is 0 Å². The first-order chi connectivity index (χ1) is 15.4. The summed E-state index contributed by atoms with van der Waals surface area (Å²) in [4.78, 5) is 31.6. The first-order valence-electron chi connectivity index (χ1n) is 10.0. The molecule has 32 heavy (non-hydrogen) atoms. The number of rotatable bonds is 5. The SMILES string of the molecule is CCOC(=O)C1=C(C)N=c2sc(=Cc3cccc(Br)c3)c(=O)n2C1c1ccccc1OC. The maximum Gasteiger partial charge on any atom is 0.338 e. The topological polar surface area (TPSA) is 69.9 Å². The van der Waals surface area contributed by atoms with Gasteiger partial charge in [0.05, 0.1) is 29.5 Å². The number of hydrogen-bond donors (Lipinski definition) is 0. The van der Waals surface area contributed by atoms with E-state index in [-0.39, 0.29) is 12.2 Å². The molecule has 1 unspecified atom stereocenters. The normalized spacial score (nSPS) is 15.9. The standard InChI is InChI=1S/C24H21BrN2O4S/c1-4-31-23(29)20-14(2)26-24-27(21(20)17-10-5-6-11-18(17)30-3)22(28)19(32-24)13-15-8-7-9-16(25)12-15/h5-13,21H,4H2,1-3H3. The Bertz CT molecular complexity index is 1400. The molecule has 0 amide bonds. The minimum absolute atomic E-state index is 0.223. The number of esters is 1. The van der Waals surface area contributed by atoms with Gasteiger partial charge in [-0.05, 0) is 43.7 Å². The quantitative estimate of drug-likeness (QED) is 0.490. The predicted molar refractivity (Wildman–Crippen MR) is 128 cm³/mol. The second-order valence-corrected chi connectivity index (χ2v) is 9.02. The number of carbonyl (C=O) groups excluding carboxylic acids is 1. The molecule has 2 aromatic carbocycles. The number of nitrogens with zero attached hydrogens (tertiary/aromatic N) is 2. The van der Waals surface area contributed by atoms with Gasteiger partial charge in [-0.3, -0.25) is 9.36 Å². The van der Waals surface area contributed by atoms with Crippen LogP contribution >= 0.6 is 27.3 Å². The number of halogens is 1. The molecule has 0 aliphatic carbocycles. The van der Waals surface area contributed by atoms with Gasteiger partial charge in [0.15, 0.2) is 4.80 Å². The number of allylic oxidation sites excluding steroid dienone is 1. The molecule has 0 N–H and O–H groups in total. The van der Waals surface area contributed by atoms with Crippen LogP contribution in [0.2, 0.25) is 0 Å². The number of hydrogen-bond acceptors (Lipinski definition) is 6. The Morgan fingerprint density at radius 2 is 2.03 bits per heavy atom. The van der Waals surface area contributed by atoms with Crippen LogP contribution in [0.5, 0.6) is 5.75 Å². The van der Waals surface area contributed by atoms with Crippen molar-refractivity contribution in [3.05, 3.63) is 95.1 Å². The molecule has 1 aliphatic rings. The van der Waals surface area contributed by atoms with E-state index >= 15 is 0 Å². The number of thiazole rings is 1. The van der Waals surface area contributed by atoms with Crippen molar-refractivity contribution in [1.82, 2.24) is 4.57 Å². The molecule has 2 heterocycles. The zero-order valence-corrected chi connectivity index (χ0v) is 20.2. The van der Waals surface area contributed by atoms with E-state index in [1.54, 1.807) is 25.5 Å². The number of benzene rings is 2. The molecular formula is C24H21BrN2O4S. The highest BCUT2D eigenvalue weighted by Crippen LogP contribution is 2.35. The highest BCUT2D eigenvalue weighted by molar-refractivity contribution is 9.10. The molecule has 3 aromatic rings. The molecule has 164 valence electrons. The van der Waals surface area contributed by atoms with Crippen molar-refractivity contribution < 1.29 is 14.3 Å². The molecule has 0 radical (unpaired) electrons. The maximum absolute atomic E-state index is 13.6. The van der Waals surface area contributed by atoms with Crippen molar-refractivity contribution in [2.45, 2.75) is 19.9 Å². The van der Waals surface area contributed by atoms with Crippen molar-refractivity contribution in [2.24, 2.45) is 4.99 Å². The van der Waals surface area contributed by atoms with E-state index in [0.717, 1.165) is 10.0 Å². The average molecular weight is 513 g/mol. The summed E-state index contributed by atoms with van der Waals surface area (Å²) in [6, 6.07) is 14.4. The maximum atomic E-state index is 13.6. The van der Waals surface area contributed by atoms with Crippen molar-refractivity contribution in [2.75, 3.05) is 13.7 Å². The third-order valence-corrected chi connectivity index (χ3v) is 6.57. The van der Waals surface area contributed by atoms with Crippen LogP contribution in [0.15, 0.2) is 74.1 Å². The average Bonchev–Trinajstić information content (AvgIpc) is 3.07. The molecule has 0 bridgehead atoms. The van der Waals surface area contributed by atoms with Gasteiger partial charge < -0.3 is 9.47 Å². The molecule has 1 atom stereocenters. The lowest BCUT2D eigenvalue weighted by molar-refractivity contribution is -0.139. The van der Waals surface area contributed by atoms with Gasteiger partial charge in [-0.15, -0.1) is 0 Å². The van der Waals surface area contributed by atoms with Gasteiger partial charge in [0, 0.05) is 10.0 Å². The largest absolute Gasteiger partial charge is 0.496 e. The molecule has 4 rings (SSSR count). The number of methoxy groups -OCH3 is 1. The van der Waals surface area contributed by atoms with Crippen LogP contribution in [0.1, 0.15) is 31.0 Å². The fourth-order valence-corrected chi connectivity index (χ4v) is 5.19. The Labute approximate surface area is 197 Å². The van der Waals surface area contributed by atoms with E-state index < -0.39 is 12.0 Å². The Hall–Kier alpha value is -2.97. The van der Waals surface area contributed by atoms with E-state index in [0.29, 0.717) is 31.9 Å². The summed E-state index contributed by atoms with van der Waals surface area (Å²) in [6.07, 6.45) is 1.83. The van der Waals surface area contributed by atoms with E-state index in [1.807, 2.05) is 54.6 Å². The fourth-order valence-electron chi connectivity index (χ4n) is 3.73. The molecule has 6 nitrogen and oxygen atoms in total. The van der Waals surface area contributed by atoms with Gasteiger partial charge in [-0.25, -0.2) is 9.79 Å². The van der Waals surface area contributed by atoms with Gasteiger partial charge in [-0.2, -0.15) is 0 Å². The van der Waals surface area contributed by atoms with Gasteiger partial charge in [-0.1, -0.05) is 57.6 Å². The summed E-state index contributed by atoms with van der Waals surface area (Å²) in [5, 5.41) is 0. The second kappa shape index (κ2) is 9.26. The van der Waals surface area contributed by atoms with Crippen LogP contribution in [0.3, 0.4) is 0 Å². The minimum atomic E-state index is -0.703. The van der Waals surface area contributed by atoms with Crippen LogP contribution in [0.25, 0.3) is 6.08 Å². The fraction of sp³-hybridized carbons (Fsp3) is 0.208. The monoisotopic (exact) mass is 512 g/mol. The molecule has 0 fully saturated rings. The summed E-state index contributed by atoms with van der Waals surface area (Å²) < 4.78 is 13.9. The first-order valence-corrected chi connectivity index (χ1v) is 11.6. The zero-order valence-electron chi connectivity index (χ0n) is 17.8. The number of aromatic nitrogens is 1. The highest BCUT2D eigenvalue weighted by Gasteiger charge is 2.34. The number of carbonyl (C=O) groups is 1. The molecule has 0 saturated carbocycles. The second-order valence-electron chi connectivity index (χ2n) is 7.10. The Balaban J connectivity index is 2.00. The lowest BCUT2D eigenvalue weighted by atomic mass is 9.95. The minimum Gasteiger partial charge on any atom is -0.496 e. The van der Waals surface area contributed by atoms with Crippen molar-refractivity contribution in [3.8, 4) is 5.75 Å². The molecule has 8 heteroatoms. The number of para-hydroxylation sites is 1. The summed E-state index contributed by atoms with van der Waals surface area (Å²) >= 11 is 4.75. The molecule has 0 saturated heterocycles. The summed E-state index contributed by atoms with van der Waals surface area (Å²) in [5.74, 6) is 0.0847. The van der Waals surface area contributed by atoms with Crippen LogP contribution < -0.4 is 19.6 Å². The molecule has 0 spiro atoms. The Morgan fingerprint density at radius 3 is 2.75 bits per heavy atom. The van der Waals surface area contributed by atoms with E-state index in [1.165, 1.54) is 11.3 Å². The number of ether oxygens (including phenoxy) is 2. The molecule has 1 aliphatic heterocycles. The van der Waals surface area contributed by atoms with Crippen LogP contribution in [0, 0.1) is 0 Å². The van der Waals surface area contributed by atoms with E-state index in [2.05, 4.69) is 20.9 Å². The smallest absolute Gasteiger partial charge is 0.338 e. The van der Waals surface area contributed by atoms with Gasteiger partial charge >= 0.3 is 5.97 Å². The van der Waals surface area contributed by atoms with Gasteiger partial charge in [0.25, 0.3) is 5.56 Å². The van der Waals surface area contributed by atoms with Crippen molar-refractivity contribution in [3.63, 3.8) is 0 Å². The highest BCUT2D eigenvalue weighted by atomic mass is 79.9. The Morgan fingerprint density at radius 1 is 1.25 bits per heavy atom. The zero-order chi connectivity index (χ0) is 22.8. The molecule has 1 aromatic heterocycles. The van der Waals surface area contributed by atoms with Crippen LogP contribution in [-0.2, 0) is 9.53 Å². The summed E-state index contributed by atoms with van der Waals surface area (Å²) in [7, 11) is 1.57. The lowest BCUT2D eigenvalue weighted by Crippen LogP contribution is -2.40.